The van der Waals surface area contributed by atoms with Crippen LogP contribution < -0.4 is 15.4 Å². The zero-order valence-electron chi connectivity index (χ0n) is 20.5. The first-order valence-electron chi connectivity index (χ1n) is 12.0. The summed E-state index contributed by atoms with van der Waals surface area (Å²) in [6.45, 7) is 0.210. The fourth-order valence-corrected chi connectivity index (χ4v) is 4.19. The first-order valence-corrected chi connectivity index (χ1v) is 12.0. The molecule has 4 aromatic rings. The third kappa shape index (κ3) is 6.78. The van der Waals surface area contributed by atoms with E-state index in [9.17, 15) is 19.6 Å². The second-order valence-electron chi connectivity index (χ2n) is 8.80. The summed E-state index contributed by atoms with van der Waals surface area (Å²) in [6.07, 6.45) is 1.80. The predicted octanol–water partition coefficient (Wildman–Crippen LogP) is 2.66. The zero-order valence-corrected chi connectivity index (χ0v) is 20.5. The van der Waals surface area contributed by atoms with Crippen molar-refractivity contribution in [3.63, 3.8) is 0 Å². The lowest BCUT2D eigenvalue weighted by Crippen LogP contribution is -2.52. The molecule has 9 heteroatoms. The van der Waals surface area contributed by atoms with E-state index in [0.29, 0.717) is 11.3 Å². The minimum atomic E-state index is -1.84. The van der Waals surface area contributed by atoms with Crippen LogP contribution in [-0.4, -0.2) is 42.0 Å². The third-order valence-electron chi connectivity index (χ3n) is 6.21. The number of nitrogens with one attached hydrogen (secondary N) is 2. The average molecular weight is 500 g/mol. The summed E-state index contributed by atoms with van der Waals surface area (Å²) in [6, 6.07) is 23.9. The molecule has 0 fully saturated rings. The minimum Gasteiger partial charge on any atom is -0.497 e. The fourth-order valence-electron chi connectivity index (χ4n) is 4.19. The third-order valence-corrected chi connectivity index (χ3v) is 6.21. The zero-order chi connectivity index (χ0) is 26.2. The Kier molecular flexibility index (Phi) is 8.61. The second kappa shape index (κ2) is 12.2. The lowest BCUT2D eigenvalue weighted by atomic mass is 9.75. The summed E-state index contributed by atoms with van der Waals surface area (Å²) < 4.78 is 10.8. The Balaban J connectivity index is 1.50. The van der Waals surface area contributed by atoms with Gasteiger partial charge in [0.1, 0.15) is 17.3 Å². The van der Waals surface area contributed by atoms with Gasteiger partial charge in [0.15, 0.2) is 0 Å². The van der Waals surface area contributed by atoms with Crippen molar-refractivity contribution in [1.82, 2.24) is 10.6 Å². The maximum absolute atomic E-state index is 13.4. The first kappa shape index (κ1) is 26.0. The smallest absolute Gasteiger partial charge is 0.475 e. The van der Waals surface area contributed by atoms with Gasteiger partial charge in [0.2, 0.25) is 11.8 Å². The Morgan fingerprint density at radius 2 is 1.65 bits per heavy atom. The summed E-state index contributed by atoms with van der Waals surface area (Å²) >= 11 is 0. The highest BCUT2D eigenvalue weighted by molar-refractivity contribution is 6.43. The summed E-state index contributed by atoms with van der Waals surface area (Å²) in [4.78, 5) is 26.6. The number of methoxy groups -OCH3 is 1. The van der Waals surface area contributed by atoms with Gasteiger partial charge >= 0.3 is 7.12 Å². The molecule has 0 saturated heterocycles. The van der Waals surface area contributed by atoms with Crippen LogP contribution in [0.4, 0.5) is 0 Å². The molecule has 1 heterocycles. The summed E-state index contributed by atoms with van der Waals surface area (Å²) in [7, 11) is -0.272. The van der Waals surface area contributed by atoms with E-state index in [4.69, 9.17) is 9.15 Å². The number of furan rings is 1. The Bertz CT molecular complexity index is 1340. The maximum atomic E-state index is 13.4. The topological polar surface area (TPSA) is 121 Å². The van der Waals surface area contributed by atoms with Gasteiger partial charge in [-0.05, 0) is 47.7 Å². The summed E-state index contributed by atoms with van der Waals surface area (Å²) in [5.41, 5.74) is 3.01. The van der Waals surface area contributed by atoms with Crippen molar-refractivity contribution in [3.8, 4) is 5.75 Å². The van der Waals surface area contributed by atoms with Crippen molar-refractivity contribution in [2.75, 3.05) is 7.11 Å². The molecule has 190 valence electrons. The highest BCUT2D eigenvalue weighted by Crippen LogP contribution is 2.22. The van der Waals surface area contributed by atoms with Crippen LogP contribution >= 0.6 is 0 Å². The van der Waals surface area contributed by atoms with Gasteiger partial charge in [-0.25, -0.2) is 0 Å². The van der Waals surface area contributed by atoms with E-state index in [1.807, 2.05) is 66.7 Å². The predicted molar refractivity (Wildman–Crippen MR) is 141 cm³/mol. The lowest BCUT2D eigenvalue weighted by Gasteiger charge is -2.22. The van der Waals surface area contributed by atoms with E-state index >= 15 is 0 Å². The molecule has 0 radical (unpaired) electrons. The lowest BCUT2D eigenvalue weighted by molar-refractivity contribution is -0.135. The molecule has 0 bridgehead atoms. The standard InChI is InChI=1S/C28H29BN2O6/c1-36-22-11-7-10-20(14-22)17-30-27(32)24(15-19-8-3-2-4-9-19)28(33)31-26(29(34)35)16-21-18-37-25-13-6-5-12-23(21)25/h2-14,18,24,26,34-35H,15-17H2,1H3,(H,30,32)(H,31,33)/t24?,26-/m0/s1. The van der Waals surface area contributed by atoms with Crippen molar-refractivity contribution in [1.29, 1.82) is 0 Å². The van der Waals surface area contributed by atoms with E-state index < -0.39 is 30.8 Å². The van der Waals surface area contributed by atoms with Gasteiger partial charge in [-0.1, -0.05) is 60.7 Å². The molecule has 1 unspecified atom stereocenters. The molecule has 2 atom stereocenters. The average Bonchev–Trinajstić information content (AvgIpc) is 3.33. The molecule has 4 N–H and O–H groups in total. The molecule has 0 spiro atoms. The van der Waals surface area contributed by atoms with Crippen molar-refractivity contribution in [2.45, 2.75) is 25.3 Å². The van der Waals surface area contributed by atoms with Crippen LogP contribution in [0.25, 0.3) is 11.0 Å². The van der Waals surface area contributed by atoms with Gasteiger partial charge in [-0.3, -0.25) is 9.59 Å². The number of fused-ring (bicyclic) bond motifs is 1. The molecular formula is C28H29BN2O6. The number of benzene rings is 3. The number of amides is 2. The van der Waals surface area contributed by atoms with E-state index in [1.54, 1.807) is 19.2 Å². The molecule has 0 aliphatic heterocycles. The van der Waals surface area contributed by atoms with Gasteiger partial charge in [0.25, 0.3) is 0 Å². The molecule has 2 amide bonds. The van der Waals surface area contributed by atoms with Crippen molar-refractivity contribution >= 4 is 29.9 Å². The number of ether oxygens (including phenoxy) is 1. The van der Waals surface area contributed by atoms with E-state index in [2.05, 4.69) is 10.6 Å². The van der Waals surface area contributed by atoms with Crippen molar-refractivity contribution in [3.05, 3.63) is 102 Å². The number of para-hydroxylation sites is 1. The molecule has 1 aromatic heterocycles. The molecular weight excluding hydrogens is 471 g/mol. The Hall–Kier alpha value is -4.08. The van der Waals surface area contributed by atoms with E-state index in [-0.39, 0.29) is 19.4 Å². The van der Waals surface area contributed by atoms with Crippen LogP contribution in [0.1, 0.15) is 16.7 Å². The molecule has 0 saturated carbocycles. The quantitative estimate of drug-likeness (QED) is 0.186. The monoisotopic (exact) mass is 500 g/mol. The molecule has 0 aliphatic carbocycles. The van der Waals surface area contributed by atoms with Gasteiger partial charge in [-0.15, -0.1) is 0 Å². The summed E-state index contributed by atoms with van der Waals surface area (Å²) in [5.74, 6) is -2.54. The van der Waals surface area contributed by atoms with E-state index in [0.717, 1.165) is 22.1 Å². The van der Waals surface area contributed by atoms with Crippen LogP contribution in [0.15, 0.2) is 89.5 Å². The molecule has 8 nitrogen and oxygen atoms in total. The van der Waals surface area contributed by atoms with Crippen LogP contribution in [-0.2, 0) is 29.0 Å². The number of carbonyl (C=O) groups is 2. The normalized spacial score (nSPS) is 12.5. The maximum Gasteiger partial charge on any atom is 0.475 e. The van der Waals surface area contributed by atoms with Crippen molar-refractivity contribution in [2.24, 2.45) is 5.92 Å². The molecule has 0 aliphatic rings. The van der Waals surface area contributed by atoms with Crippen LogP contribution in [0.3, 0.4) is 0 Å². The highest BCUT2D eigenvalue weighted by Gasteiger charge is 2.33. The summed E-state index contributed by atoms with van der Waals surface area (Å²) in [5, 5.41) is 26.4. The molecule has 37 heavy (non-hydrogen) atoms. The van der Waals surface area contributed by atoms with Gasteiger partial charge < -0.3 is 29.8 Å². The van der Waals surface area contributed by atoms with Crippen molar-refractivity contribution < 1.29 is 28.8 Å². The Morgan fingerprint density at radius 3 is 2.41 bits per heavy atom. The molecule has 4 rings (SSSR count). The largest absolute Gasteiger partial charge is 0.497 e. The Labute approximate surface area is 215 Å². The first-order chi connectivity index (χ1) is 17.9. The van der Waals surface area contributed by atoms with Crippen LogP contribution in [0, 0.1) is 5.92 Å². The van der Waals surface area contributed by atoms with E-state index in [1.165, 1.54) is 6.26 Å². The number of hydrogen-bond donors (Lipinski definition) is 4. The number of carbonyl (C=O) groups excluding carboxylic acids is 2. The van der Waals surface area contributed by atoms with Gasteiger partial charge in [-0.2, -0.15) is 0 Å². The number of hydrogen-bond acceptors (Lipinski definition) is 6. The highest BCUT2D eigenvalue weighted by atomic mass is 16.5. The minimum absolute atomic E-state index is 0.115. The second-order valence-corrected chi connectivity index (χ2v) is 8.80. The fraction of sp³-hybridized carbons (Fsp3) is 0.214. The van der Waals surface area contributed by atoms with Gasteiger partial charge in [0, 0.05) is 11.9 Å². The van der Waals surface area contributed by atoms with Crippen LogP contribution in [0.5, 0.6) is 5.75 Å². The molecule has 3 aromatic carbocycles. The SMILES string of the molecule is COc1cccc(CNC(=O)C(Cc2ccccc2)C(=O)N[C@@H](Cc2coc3ccccc23)B(O)O)c1. The number of rotatable bonds is 11. The van der Waals surface area contributed by atoms with Crippen LogP contribution in [0.2, 0.25) is 0 Å². The Morgan fingerprint density at radius 1 is 0.919 bits per heavy atom. The van der Waals surface area contributed by atoms with Gasteiger partial charge in [0.05, 0.1) is 19.3 Å².